The van der Waals surface area contributed by atoms with Crippen LogP contribution in [0.4, 0.5) is 8.78 Å². The van der Waals surface area contributed by atoms with Gasteiger partial charge in [0.15, 0.2) is 0 Å². The van der Waals surface area contributed by atoms with Gasteiger partial charge in [0.2, 0.25) is 0 Å². The summed E-state index contributed by atoms with van der Waals surface area (Å²) >= 11 is 0. The molecule has 0 saturated carbocycles. The number of amides is 1. The molecule has 0 rings (SSSR count). The van der Waals surface area contributed by atoms with E-state index in [2.05, 4.69) is 5.32 Å². The van der Waals surface area contributed by atoms with Crippen molar-refractivity contribution in [2.24, 2.45) is 0 Å². The average molecular weight is 181 g/mol. The van der Waals surface area contributed by atoms with Crippen molar-refractivity contribution in [2.75, 3.05) is 13.7 Å². The molecule has 0 aromatic carbocycles. The van der Waals surface area contributed by atoms with Gasteiger partial charge in [-0.1, -0.05) is 6.92 Å². The molecule has 1 atom stereocenters. The first-order valence-corrected chi connectivity index (χ1v) is 3.69. The van der Waals surface area contributed by atoms with Gasteiger partial charge in [-0.25, -0.2) is 0 Å². The molecule has 72 valence electrons. The summed E-state index contributed by atoms with van der Waals surface area (Å²) in [5, 5.41) is 2.15. The van der Waals surface area contributed by atoms with Crippen LogP contribution in [0, 0.1) is 0 Å². The molecule has 0 fully saturated rings. The number of nitrogens with one attached hydrogen (secondary N) is 1. The molecule has 12 heavy (non-hydrogen) atoms. The highest BCUT2D eigenvalue weighted by molar-refractivity contribution is 5.79. The van der Waals surface area contributed by atoms with Crippen LogP contribution in [0.1, 0.15) is 13.3 Å². The second kappa shape index (κ2) is 5.88. The molecule has 0 aromatic heterocycles. The largest absolute Gasteiger partial charge is 0.383 e. The van der Waals surface area contributed by atoms with Crippen LogP contribution < -0.4 is 5.32 Å². The molecule has 0 bridgehead atoms. The molecule has 0 aliphatic rings. The van der Waals surface area contributed by atoms with Crippen molar-refractivity contribution in [3.63, 3.8) is 0 Å². The summed E-state index contributed by atoms with van der Waals surface area (Å²) in [6, 6.07) is -0.323. The fourth-order valence-corrected chi connectivity index (χ4v) is 0.727. The summed E-state index contributed by atoms with van der Waals surface area (Å²) in [6.07, 6.45) is -2.37. The third kappa shape index (κ3) is 4.23. The number of ether oxygens (including phenoxy) is 1. The van der Waals surface area contributed by atoms with E-state index in [4.69, 9.17) is 4.74 Å². The van der Waals surface area contributed by atoms with Crippen molar-refractivity contribution in [3.05, 3.63) is 0 Å². The number of carbonyl (C=O) groups excluding carboxylic acids is 1. The summed E-state index contributed by atoms with van der Waals surface area (Å²) in [5.41, 5.74) is 0. The quantitative estimate of drug-likeness (QED) is 0.681. The van der Waals surface area contributed by atoms with E-state index in [9.17, 15) is 13.6 Å². The maximum absolute atomic E-state index is 11.7. The van der Waals surface area contributed by atoms with E-state index in [0.717, 1.165) is 0 Å². The lowest BCUT2D eigenvalue weighted by Gasteiger charge is -2.14. The van der Waals surface area contributed by atoms with Gasteiger partial charge >= 0.3 is 6.43 Å². The predicted molar refractivity (Wildman–Crippen MR) is 40.1 cm³/mol. The molecule has 0 heterocycles. The van der Waals surface area contributed by atoms with Crippen LogP contribution >= 0.6 is 0 Å². The van der Waals surface area contributed by atoms with E-state index in [1.807, 2.05) is 0 Å². The van der Waals surface area contributed by atoms with Gasteiger partial charge in [-0.15, -0.1) is 0 Å². The van der Waals surface area contributed by atoms with Crippen molar-refractivity contribution in [1.82, 2.24) is 5.32 Å². The smallest absolute Gasteiger partial charge is 0.315 e. The number of carbonyl (C=O) groups is 1. The standard InChI is InChI=1S/C7H13F2NO2/c1-3-5(4-12-2)10-7(11)6(8)9/h5-6H,3-4H2,1-2H3,(H,10,11). The van der Waals surface area contributed by atoms with Crippen LogP contribution in [-0.4, -0.2) is 32.1 Å². The summed E-state index contributed by atoms with van der Waals surface area (Å²) in [7, 11) is 1.46. The van der Waals surface area contributed by atoms with Crippen LogP contribution in [0.5, 0.6) is 0 Å². The van der Waals surface area contributed by atoms with Crippen LogP contribution in [0.3, 0.4) is 0 Å². The maximum Gasteiger partial charge on any atom is 0.315 e. The van der Waals surface area contributed by atoms with Gasteiger partial charge in [-0.2, -0.15) is 8.78 Å². The van der Waals surface area contributed by atoms with Crippen LogP contribution in [0.15, 0.2) is 0 Å². The highest BCUT2D eigenvalue weighted by Crippen LogP contribution is 1.96. The van der Waals surface area contributed by atoms with Gasteiger partial charge in [-0.3, -0.25) is 4.79 Å². The maximum atomic E-state index is 11.7. The van der Waals surface area contributed by atoms with Crippen molar-refractivity contribution in [1.29, 1.82) is 0 Å². The minimum absolute atomic E-state index is 0.259. The molecule has 0 spiro atoms. The van der Waals surface area contributed by atoms with Crippen molar-refractivity contribution < 1.29 is 18.3 Å². The molecular weight excluding hydrogens is 168 g/mol. The molecule has 0 aliphatic carbocycles. The Kier molecular flexibility index (Phi) is 5.53. The average Bonchev–Trinajstić information content (AvgIpc) is 2.03. The first kappa shape index (κ1) is 11.3. The number of halogens is 2. The Labute approximate surface area is 70.1 Å². The third-order valence-electron chi connectivity index (χ3n) is 1.41. The molecular formula is C7H13F2NO2. The Morgan fingerprint density at radius 2 is 2.17 bits per heavy atom. The van der Waals surface area contributed by atoms with Crippen molar-refractivity contribution >= 4 is 5.91 Å². The molecule has 3 nitrogen and oxygen atoms in total. The summed E-state index contributed by atoms with van der Waals surface area (Å²) in [5.74, 6) is -1.24. The van der Waals surface area contributed by atoms with E-state index >= 15 is 0 Å². The second-order valence-corrected chi connectivity index (χ2v) is 2.37. The van der Waals surface area contributed by atoms with Crippen molar-refractivity contribution in [3.8, 4) is 0 Å². The second-order valence-electron chi connectivity index (χ2n) is 2.37. The predicted octanol–water partition coefficient (Wildman–Crippen LogP) is 0.793. The van der Waals surface area contributed by atoms with Gasteiger partial charge in [-0.05, 0) is 6.42 Å². The van der Waals surface area contributed by atoms with Crippen LogP contribution in [0.25, 0.3) is 0 Å². The first-order chi connectivity index (χ1) is 5.61. The fourth-order valence-electron chi connectivity index (χ4n) is 0.727. The molecule has 1 unspecified atom stereocenters. The normalized spacial score (nSPS) is 13.1. The summed E-state index contributed by atoms with van der Waals surface area (Å²) in [6.45, 7) is 2.05. The zero-order chi connectivity index (χ0) is 9.56. The topological polar surface area (TPSA) is 38.3 Å². The fraction of sp³-hybridized carbons (Fsp3) is 0.857. The molecule has 1 amide bonds. The Bertz CT molecular complexity index is 141. The van der Waals surface area contributed by atoms with Crippen LogP contribution in [0.2, 0.25) is 0 Å². The Morgan fingerprint density at radius 1 is 1.58 bits per heavy atom. The van der Waals surface area contributed by atoms with Crippen LogP contribution in [-0.2, 0) is 9.53 Å². The number of rotatable bonds is 5. The van der Waals surface area contributed by atoms with E-state index < -0.39 is 12.3 Å². The van der Waals surface area contributed by atoms with Gasteiger partial charge in [0.1, 0.15) is 0 Å². The van der Waals surface area contributed by atoms with E-state index in [-0.39, 0.29) is 12.6 Å². The first-order valence-electron chi connectivity index (χ1n) is 3.69. The molecule has 0 saturated heterocycles. The highest BCUT2D eigenvalue weighted by Gasteiger charge is 2.18. The summed E-state index contributed by atoms with van der Waals surface area (Å²) < 4.78 is 28.1. The number of methoxy groups -OCH3 is 1. The van der Waals surface area contributed by atoms with Gasteiger partial charge < -0.3 is 10.1 Å². The van der Waals surface area contributed by atoms with Gasteiger partial charge in [0, 0.05) is 7.11 Å². The van der Waals surface area contributed by atoms with E-state index in [0.29, 0.717) is 6.42 Å². The molecule has 0 radical (unpaired) electrons. The zero-order valence-corrected chi connectivity index (χ0v) is 7.14. The lowest BCUT2D eigenvalue weighted by Crippen LogP contribution is -2.40. The Hall–Kier alpha value is -0.710. The lowest BCUT2D eigenvalue weighted by atomic mass is 10.2. The Balaban J connectivity index is 3.77. The lowest BCUT2D eigenvalue weighted by molar-refractivity contribution is -0.132. The number of hydrogen-bond donors (Lipinski definition) is 1. The summed E-state index contributed by atoms with van der Waals surface area (Å²) in [4.78, 5) is 10.5. The molecule has 1 N–H and O–H groups in total. The zero-order valence-electron chi connectivity index (χ0n) is 7.14. The van der Waals surface area contributed by atoms with Crippen molar-refractivity contribution in [2.45, 2.75) is 25.8 Å². The Morgan fingerprint density at radius 3 is 2.50 bits per heavy atom. The number of alkyl halides is 2. The van der Waals surface area contributed by atoms with Gasteiger partial charge in [0.05, 0.1) is 12.6 Å². The number of hydrogen-bond acceptors (Lipinski definition) is 2. The van der Waals surface area contributed by atoms with E-state index in [1.165, 1.54) is 7.11 Å². The molecule has 0 aromatic rings. The minimum Gasteiger partial charge on any atom is -0.383 e. The minimum atomic E-state index is -2.95. The highest BCUT2D eigenvalue weighted by atomic mass is 19.3. The third-order valence-corrected chi connectivity index (χ3v) is 1.41. The monoisotopic (exact) mass is 181 g/mol. The molecule has 0 aliphatic heterocycles. The SMILES string of the molecule is CCC(COC)NC(=O)C(F)F. The van der Waals surface area contributed by atoms with Gasteiger partial charge in [0.25, 0.3) is 5.91 Å². The van der Waals surface area contributed by atoms with E-state index in [1.54, 1.807) is 6.92 Å². The molecule has 5 heteroatoms.